The topological polar surface area (TPSA) is 12.0 Å². The Labute approximate surface area is 129 Å². The van der Waals surface area contributed by atoms with Crippen molar-refractivity contribution in [3.63, 3.8) is 0 Å². The second kappa shape index (κ2) is 5.40. The van der Waals surface area contributed by atoms with Crippen LogP contribution in [-0.2, 0) is 0 Å². The van der Waals surface area contributed by atoms with Crippen molar-refractivity contribution in [3.8, 4) is 0 Å². The predicted octanol–water partition coefficient (Wildman–Crippen LogP) is 5.98. The summed E-state index contributed by atoms with van der Waals surface area (Å²) in [5.41, 5.74) is 1.65. The van der Waals surface area contributed by atoms with E-state index in [0.29, 0.717) is 11.5 Å². The second-order valence-corrected chi connectivity index (χ2v) is 7.55. The van der Waals surface area contributed by atoms with E-state index in [1.807, 2.05) is 0 Å². The van der Waals surface area contributed by atoms with Gasteiger partial charge in [-0.05, 0) is 53.3 Å². The Bertz CT molecular complexity index is 618. The minimum atomic E-state index is 0.396. The Morgan fingerprint density at radius 1 is 1.05 bits per heavy atom. The number of hydrogen-bond donors (Lipinski definition) is 1. The molecule has 106 valence electrons. The van der Waals surface area contributed by atoms with Gasteiger partial charge in [0.1, 0.15) is 0 Å². The molecule has 0 bridgehead atoms. The first kappa shape index (κ1) is 13.9. The average molecular weight is 332 g/mol. The number of nitrogens with one attached hydrogen (secondary N) is 1. The standard InChI is InChI=1S/C18H22BrN/c1-18(2)10-4-3-5-17(18)20-16-9-7-13-11-15(19)8-6-14(13)12-16/h6-9,11-12,17,20H,3-5,10H2,1-2H3. The molecule has 3 rings (SSSR count). The van der Waals surface area contributed by atoms with Gasteiger partial charge < -0.3 is 5.32 Å². The molecule has 0 aromatic heterocycles. The molecule has 0 amide bonds. The van der Waals surface area contributed by atoms with Crippen molar-refractivity contribution in [1.29, 1.82) is 0 Å². The van der Waals surface area contributed by atoms with E-state index in [2.05, 4.69) is 71.5 Å². The first-order valence-corrected chi connectivity index (χ1v) is 8.30. The molecule has 2 heteroatoms. The highest BCUT2D eigenvalue weighted by Gasteiger charge is 2.31. The number of anilines is 1. The van der Waals surface area contributed by atoms with Crippen molar-refractivity contribution in [1.82, 2.24) is 0 Å². The van der Waals surface area contributed by atoms with Gasteiger partial charge >= 0.3 is 0 Å². The van der Waals surface area contributed by atoms with Crippen LogP contribution in [0, 0.1) is 5.41 Å². The Kier molecular flexibility index (Phi) is 3.76. The summed E-state index contributed by atoms with van der Waals surface area (Å²) in [7, 11) is 0. The fourth-order valence-corrected chi connectivity index (χ4v) is 3.65. The van der Waals surface area contributed by atoms with Crippen molar-refractivity contribution in [2.24, 2.45) is 5.41 Å². The Hall–Kier alpha value is -1.02. The predicted molar refractivity (Wildman–Crippen MR) is 91.3 cm³/mol. The molecule has 1 aliphatic rings. The fraction of sp³-hybridized carbons (Fsp3) is 0.444. The van der Waals surface area contributed by atoms with Gasteiger partial charge in [0.25, 0.3) is 0 Å². The monoisotopic (exact) mass is 331 g/mol. The largest absolute Gasteiger partial charge is 0.382 e. The molecule has 1 nitrogen and oxygen atoms in total. The summed E-state index contributed by atoms with van der Waals surface area (Å²) in [4.78, 5) is 0. The quantitative estimate of drug-likeness (QED) is 0.713. The van der Waals surface area contributed by atoms with Crippen molar-refractivity contribution in [2.45, 2.75) is 45.6 Å². The number of benzene rings is 2. The lowest BCUT2D eigenvalue weighted by Crippen LogP contribution is -2.38. The normalized spacial score (nSPS) is 21.9. The van der Waals surface area contributed by atoms with Crippen molar-refractivity contribution < 1.29 is 0 Å². The van der Waals surface area contributed by atoms with Crippen LogP contribution in [-0.4, -0.2) is 6.04 Å². The number of hydrogen-bond acceptors (Lipinski definition) is 1. The summed E-state index contributed by atoms with van der Waals surface area (Å²) in [6.07, 6.45) is 5.33. The Morgan fingerprint density at radius 2 is 1.80 bits per heavy atom. The average Bonchev–Trinajstić information content (AvgIpc) is 2.41. The minimum absolute atomic E-state index is 0.396. The summed E-state index contributed by atoms with van der Waals surface area (Å²) in [5.74, 6) is 0. The zero-order valence-electron chi connectivity index (χ0n) is 12.2. The van der Waals surface area contributed by atoms with Crippen LogP contribution in [0.25, 0.3) is 10.8 Å². The van der Waals surface area contributed by atoms with E-state index in [1.165, 1.54) is 42.1 Å². The third kappa shape index (κ3) is 2.85. The van der Waals surface area contributed by atoms with E-state index in [0.717, 1.165) is 4.47 Å². The molecule has 0 heterocycles. The van der Waals surface area contributed by atoms with Gasteiger partial charge in [-0.15, -0.1) is 0 Å². The van der Waals surface area contributed by atoms with Gasteiger partial charge in [0.05, 0.1) is 0 Å². The maximum absolute atomic E-state index is 3.77. The second-order valence-electron chi connectivity index (χ2n) is 6.64. The van der Waals surface area contributed by atoms with Crippen LogP contribution in [0.3, 0.4) is 0 Å². The van der Waals surface area contributed by atoms with E-state index in [-0.39, 0.29) is 0 Å². The molecule has 0 aliphatic heterocycles. The first-order chi connectivity index (χ1) is 9.54. The van der Waals surface area contributed by atoms with Crippen molar-refractivity contribution >= 4 is 32.4 Å². The van der Waals surface area contributed by atoms with Crippen LogP contribution in [0.2, 0.25) is 0 Å². The highest BCUT2D eigenvalue weighted by Crippen LogP contribution is 2.37. The molecule has 1 N–H and O–H groups in total. The highest BCUT2D eigenvalue weighted by molar-refractivity contribution is 9.10. The summed E-state index contributed by atoms with van der Waals surface area (Å²) >= 11 is 3.53. The molecule has 1 atom stereocenters. The van der Waals surface area contributed by atoms with Gasteiger partial charge in [-0.25, -0.2) is 0 Å². The van der Waals surface area contributed by atoms with Crippen molar-refractivity contribution in [2.75, 3.05) is 5.32 Å². The molecule has 2 aromatic rings. The van der Waals surface area contributed by atoms with E-state index >= 15 is 0 Å². The number of fused-ring (bicyclic) bond motifs is 1. The molecule has 0 saturated heterocycles. The first-order valence-electron chi connectivity index (χ1n) is 7.50. The van der Waals surface area contributed by atoms with Gasteiger partial charge in [0, 0.05) is 16.2 Å². The molecular formula is C18H22BrN. The van der Waals surface area contributed by atoms with Gasteiger partial charge in [0.2, 0.25) is 0 Å². The molecule has 0 spiro atoms. The Morgan fingerprint density at radius 3 is 2.60 bits per heavy atom. The van der Waals surface area contributed by atoms with E-state index in [9.17, 15) is 0 Å². The molecule has 1 fully saturated rings. The van der Waals surface area contributed by atoms with Gasteiger partial charge in [-0.2, -0.15) is 0 Å². The SMILES string of the molecule is CC1(C)CCCCC1Nc1ccc2cc(Br)ccc2c1. The van der Waals surface area contributed by atoms with Crippen LogP contribution in [0.5, 0.6) is 0 Å². The van der Waals surface area contributed by atoms with Crippen LogP contribution in [0.15, 0.2) is 40.9 Å². The maximum atomic E-state index is 3.77. The molecule has 2 aromatic carbocycles. The zero-order chi connectivity index (χ0) is 14.2. The zero-order valence-corrected chi connectivity index (χ0v) is 13.8. The summed E-state index contributed by atoms with van der Waals surface area (Å²) in [6.45, 7) is 4.78. The highest BCUT2D eigenvalue weighted by atomic mass is 79.9. The van der Waals surface area contributed by atoms with Crippen molar-refractivity contribution in [3.05, 3.63) is 40.9 Å². The minimum Gasteiger partial charge on any atom is -0.382 e. The third-order valence-corrected chi connectivity index (χ3v) is 5.14. The van der Waals surface area contributed by atoms with Crippen LogP contribution < -0.4 is 5.32 Å². The van der Waals surface area contributed by atoms with Gasteiger partial charge in [-0.3, -0.25) is 0 Å². The van der Waals surface area contributed by atoms with Gasteiger partial charge in [0.15, 0.2) is 0 Å². The number of halogens is 1. The van der Waals surface area contributed by atoms with Crippen LogP contribution in [0.4, 0.5) is 5.69 Å². The lowest BCUT2D eigenvalue weighted by atomic mass is 9.73. The lowest BCUT2D eigenvalue weighted by Gasteiger charge is -2.39. The summed E-state index contributed by atoms with van der Waals surface area (Å²) < 4.78 is 1.14. The third-order valence-electron chi connectivity index (χ3n) is 4.65. The number of rotatable bonds is 2. The van der Waals surface area contributed by atoms with Crippen LogP contribution in [0.1, 0.15) is 39.5 Å². The maximum Gasteiger partial charge on any atom is 0.0348 e. The molecular weight excluding hydrogens is 310 g/mol. The van der Waals surface area contributed by atoms with Gasteiger partial charge in [-0.1, -0.05) is 54.8 Å². The Balaban J connectivity index is 1.85. The van der Waals surface area contributed by atoms with Crippen LogP contribution >= 0.6 is 15.9 Å². The molecule has 20 heavy (non-hydrogen) atoms. The fourth-order valence-electron chi connectivity index (χ4n) is 3.27. The summed E-state index contributed by atoms with van der Waals surface area (Å²) in [6, 6.07) is 13.7. The van der Waals surface area contributed by atoms with E-state index < -0.39 is 0 Å². The van der Waals surface area contributed by atoms with E-state index in [4.69, 9.17) is 0 Å². The molecule has 0 radical (unpaired) electrons. The molecule has 1 unspecified atom stereocenters. The van der Waals surface area contributed by atoms with E-state index in [1.54, 1.807) is 0 Å². The molecule has 1 saturated carbocycles. The molecule has 1 aliphatic carbocycles. The summed E-state index contributed by atoms with van der Waals surface area (Å²) in [5, 5.41) is 6.35. The smallest absolute Gasteiger partial charge is 0.0348 e. The lowest BCUT2D eigenvalue weighted by molar-refractivity contribution is 0.217.